The highest BCUT2D eigenvalue weighted by molar-refractivity contribution is 5.80. The molecule has 5 heteroatoms. The Morgan fingerprint density at radius 1 is 0.852 bits per heavy atom. The van der Waals surface area contributed by atoms with Gasteiger partial charge in [0.2, 0.25) is 5.91 Å². The largest absolute Gasteiger partial charge is 0.484 e. The van der Waals surface area contributed by atoms with Crippen molar-refractivity contribution in [2.45, 2.75) is 20.3 Å². The predicted octanol–water partition coefficient (Wildman–Crippen LogP) is 2.60. The molecule has 2 aromatic rings. The lowest BCUT2D eigenvalue weighted by Gasteiger charge is -2.34. The van der Waals surface area contributed by atoms with Gasteiger partial charge in [-0.15, -0.1) is 0 Å². The normalized spacial score (nSPS) is 14.1. The van der Waals surface area contributed by atoms with E-state index in [4.69, 9.17) is 4.74 Å². The van der Waals surface area contributed by atoms with Crippen molar-refractivity contribution in [3.05, 3.63) is 65.2 Å². The molecule has 1 fully saturated rings. The van der Waals surface area contributed by atoms with Gasteiger partial charge in [-0.2, -0.15) is 0 Å². The van der Waals surface area contributed by atoms with Crippen LogP contribution in [0.3, 0.4) is 0 Å². The van der Waals surface area contributed by atoms with Crippen molar-refractivity contribution < 1.29 is 14.3 Å². The summed E-state index contributed by atoms with van der Waals surface area (Å²) in [6.45, 7) is 6.40. The van der Waals surface area contributed by atoms with Gasteiger partial charge in [0.25, 0.3) is 5.91 Å². The van der Waals surface area contributed by atoms with Crippen LogP contribution in [-0.2, 0) is 16.0 Å². The van der Waals surface area contributed by atoms with Gasteiger partial charge in [-0.25, -0.2) is 0 Å². The Kier molecular flexibility index (Phi) is 6.12. The van der Waals surface area contributed by atoms with E-state index in [1.165, 1.54) is 11.1 Å². The molecule has 142 valence electrons. The molecule has 2 amide bonds. The van der Waals surface area contributed by atoms with E-state index in [0.29, 0.717) is 38.3 Å². The van der Waals surface area contributed by atoms with Gasteiger partial charge in [-0.3, -0.25) is 9.59 Å². The molecule has 1 heterocycles. The average Bonchev–Trinajstić information content (AvgIpc) is 2.70. The maximum Gasteiger partial charge on any atom is 0.260 e. The highest BCUT2D eigenvalue weighted by atomic mass is 16.5. The second kappa shape index (κ2) is 8.71. The van der Waals surface area contributed by atoms with E-state index in [0.717, 1.165) is 5.56 Å². The van der Waals surface area contributed by atoms with E-state index in [-0.39, 0.29) is 18.4 Å². The monoisotopic (exact) mass is 366 g/mol. The third kappa shape index (κ3) is 5.09. The quantitative estimate of drug-likeness (QED) is 0.817. The molecule has 0 atom stereocenters. The fourth-order valence-corrected chi connectivity index (χ4v) is 3.16. The molecule has 1 saturated heterocycles. The predicted molar refractivity (Wildman–Crippen MR) is 105 cm³/mol. The standard InChI is InChI=1S/C22H26N2O3/c1-17-8-9-19(14-18(17)2)15-21(25)23-10-12-24(13-11-23)22(26)16-27-20-6-4-3-5-7-20/h3-9,14H,10-13,15-16H2,1-2H3. The number of nitrogens with zero attached hydrogens (tertiary/aromatic N) is 2. The lowest BCUT2D eigenvalue weighted by atomic mass is 10.0. The minimum Gasteiger partial charge on any atom is -0.484 e. The van der Waals surface area contributed by atoms with Crippen molar-refractivity contribution in [3.63, 3.8) is 0 Å². The number of hydrogen-bond donors (Lipinski definition) is 0. The topological polar surface area (TPSA) is 49.9 Å². The number of hydrogen-bond acceptors (Lipinski definition) is 3. The highest BCUT2D eigenvalue weighted by Crippen LogP contribution is 2.13. The summed E-state index contributed by atoms with van der Waals surface area (Å²) in [6, 6.07) is 15.5. The van der Waals surface area contributed by atoms with Crippen molar-refractivity contribution in [1.29, 1.82) is 0 Å². The van der Waals surface area contributed by atoms with E-state index in [9.17, 15) is 9.59 Å². The number of piperazine rings is 1. The summed E-state index contributed by atoms with van der Waals surface area (Å²) in [5.41, 5.74) is 3.48. The molecule has 5 nitrogen and oxygen atoms in total. The number of carbonyl (C=O) groups excluding carboxylic acids is 2. The summed E-state index contributed by atoms with van der Waals surface area (Å²) in [4.78, 5) is 28.5. The number of carbonyl (C=O) groups is 2. The first-order valence-electron chi connectivity index (χ1n) is 9.32. The van der Waals surface area contributed by atoms with Crippen molar-refractivity contribution in [3.8, 4) is 5.75 Å². The Balaban J connectivity index is 1.45. The van der Waals surface area contributed by atoms with Gasteiger partial charge < -0.3 is 14.5 Å². The van der Waals surface area contributed by atoms with Crippen LogP contribution in [0.15, 0.2) is 48.5 Å². The van der Waals surface area contributed by atoms with Gasteiger partial charge in [-0.05, 0) is 42.7 Å². The van der Waals surface area contributed by atoms with Crippen molar-refractivity contribution in [2.24, 2.45) is 0 Å². The Labute approximate surface area is 160 Å². The first kappa shape index (κ1) is 19.0. The molecule has 0 aliphatic carbocycles. The molecule has 0 aromatic heterocycles. The third-order valence-electron chi connectivity index (χ3n) is 5.02. The number of benzene rings is 2. The minimum absolute atomic E-state index is 0.0284. The van der Waals surface area contributed by atoms with Crippen molar-refractivity contribution in [1.82, 2.24) is 9.80 Å². The maximum absolute atomic E-state index is 12.5. The van der Waals surface area contributed by atoms with Crippen LogP contribution in [0.1, 0.15) is 16.7 Å². The molecule has 3 rings (SSSR count). The van der Waals surface area contributed by atoms with Crippen LogP contribution in [-0.4, -0.2) is 54.4 Å². The van der Waals surface area contributed by atoms with E-state index in [1.807, 2.05) is 41.3 Å². The molecule has 0 saturated carbocycles. The van der Waals surface area contributed by atoms with Gasteiger partial charge >= 0.3 is 0 Å². The Morgan fingerprint density at radius 3 is 2.11 bits per heavy atom. The summed E-state index contributed by atoms with van der Waals surface area (Å²) in [6.07, 6.45) is 0.409. The lowest BCUT2D eigenvalue weighted by molar-refractivity contribution is -0.140. The zero-order valence-electron chi connectivity index (χ0n) is 16.0. The second-order valence-corrected chi connectivity index (χ2v) is 6.96. The van der Waals surface area contributed by atoms with Gasteiger partial charge in [0.05, 0.1) is 6.42 Å². The minimum atomic E-state index is -0.0416. The summed E-state index contributed by atoms with van der Waals surface area (Å²) in [5, 5.41) is 0. The smallest absolute Gasteiger partial charge is 0.260 e. The Morgan fingerprint density at radius 2 is 1.48 bits per heavy atom. The van der Waals surface area contributed by atoms with E-state index >= 15 is 0 Å². The van der Waals surface area contributed by atoms with Gasteiger partial charge in [-0.1, -0.05) is 36.4 Å². The zero-order valence-corrected chi connectivity index (χ0v) is 16.0. The molecule has 0 spiro atoms. The molecule has 0 radical (unpaired) electrons. The summed E-state index contributed by atoms with van der Waals surface area (Å²) in [7, 11) is 0. The van der Waals surface area contributed by atoms with Gasteiger partial charge in [0.15, 0.2) is 6.61 Å². The van der Waals surface area contributed by atoms with Gasteiger partial charge in [0, 0.05) is 26.2 Å². The van der Waals surface area contributed by atoms with Crippen LogP contribution in [0.25, 0.3) is 0 Å². The molecule has 0 unspecified atom stereocenters. The number of amides is 2. The second-order valence-electron chi connectivity index (χ2n) is 6.96. The number of aryl methyl sites for hydroxylation is 2. The SMILES string of the molecule is Cc1ccc(CC(=O)N2CCN(C(=O)COc3ccccc3)CC2)cc1C. The van der Waals surface area contributed by atoms with Crippen LogP contribution < -0.4 is 4.74 Å². The molecule has 0 bridgehead atoms. The van der Waals surface area contributed by atoms with Crippen molar-refractivity contribution in [2.75, 3.05) is 32.8 Å². The van der Waals surface area contributed by atoms with E-state index in [1.54, 1.807) is 4.90 Å². The lowest BCUT2D eigenvalue weighted by Crippen LogP contribution is -2.52. The Bertz CT molecular complexity index is 796. The van der Waals surface area contributed by atoms with Crippen LogP contribution in [0.4, 0.5) is 0 Å². The van der Waals surface area contributed by atoms with Gasteiger partial charge in [0.1, 0.15) is 5.75 Å². The van der Waals surface area contributed by atoms with Crippen LogP contribution in [0, 0.1) is 13.8 Å². The molecule has 27 heavy (non-hydrogen) atoms. The molecular formula is C22H26N2O3. The first-order valence-corrected chi connectivity index (χ1v) is 9.32. The summed E-state index contributed by atoms with van der Waals surface area (Å²) in [5.74, 6) is 0.763. The molecule has 1 aliphatic heterocycles. The third-order valence-corrected chi connectivity index (χ3v) is 5.02. The molecule has 0 N–H and O–H groups in total. The van der Waals surface area contributed by atoms with Crippen molar-refractivity contribution >= 4 is 11.8 Å². The summed E-state index contributed by atoms with van der Waals surface area (Å²) >= 11 is 0. The zero-order chi connectivity index (χ0) is 19.2. The molecule has 1 aliphatic rings. The number of rotatable bonds is 5. The fourth-order valence-electron chi connectivity index (χ4n) is 3.16. The average molecular weight is 366 g/mol. The van der Waals surface area contributed by atoms with Crippen LogP contribution >= 0.6 is 0 Å². The molecule has 2 aromatic carbocycles. The fraction of sp³-hybridized carbons (Fsp3) is 0.364. The van der Waals surface area contributed by atoms with E-state index < -0.39 is 0 Å². The van der Waals surface area contributed by atoms with E-state index in [2.05, 4.69) is 26.0 Å². The highest BCUT2D eigenvalue weighted by Gasteiger charge is 2.24. The summed E-state index contributed by atoms with van der Waals surface area (Å²) < 4.78 is 5.52. The number of para-hydroxylation sites is 1. The number of ether oxygens (including phenoxy) is 1. The molecular weight excluding hydrogens is 340 g/mol. The maximum atomic E-state index is 12.5. The first-order chi connectivity index (χ1) is 13.0. The van der Waals surface area contributed by atoms with Crippen LogP contribution in [0.5, 0.6) is 5.75 Å². The Hall–Kier alpha value is -2.82. The van der Waals surface area contributed by atoms with Crippen LogP contribution in [0.2, 0.25) is 0 Å².